The molecule has 23 heavy (non-hydrogen) atoms. The number of rotatable bonds is 14. The normalized spacial score (nSPS) is 13.4. The second-order valence-corrected chi connectivity index (χ2v) is 6.34. The van der Waals surface area contributed by atoms with E-state index in [1.807, 2.05) is 6.92 Å². The zero-order chi connectivity index (χ0) is 17.5. The van der Waals surface area contributed by atoms with Gasteiger partial charge in [0.2, 0.25) is 0 Å². The van der Waals surface area contributed by atoms with Crippen LogP contribution in [0.1, 0.15) is 91.9 Å². The highest BCUT2D eigenvalue weighted by atomic mass is 16.5. The van der Waals surface area contributed by atoms with Crippen LogP contribution in [-0.2, 0) is 19.1 Å². The highest BCUT2D eigenvalue weighted by Crippen LogP contribution is 2.17. The van der Waals surface area contributed by atoms with Crippen LogP contribution in [0.2, 0.25) is 0 Å². The third kappa shape index (κ3) is 12.1. The number of esters is 2. The monoisotopic (exact) mass is 328 g/mol. The molecule has 0 saturated heterocycles. The minimum absolute atomic E-state index is 0.0444. The molecule has 0 N–H and O–H groups in total. The van der Waals surface area contributed by atoms with Crippen molar-refractivity contribution in [2.75, 3.05) is 6.61 Å². The maximum absolute atomic E-state index is 11.8. The van der Waals surface area contributed by atoms with Crippen LogP contribution >= 0.6 is 0 Å². The van der Waals surface area contributed by atoms with E-state index in [-0.39, 0.29) is 30.9 Å². The standard InChI is InChI=1S/C19H36O4/c1-5-8-9-10-11-15-22-18(20)13-14-19(21)23-17(7-3)16(4)12-6-2/h16-17H,5-15H2,1-4H3. The summed E-state index contributed by atoms with van der Waals surface area (Å²) in [6.45, 7) is 8.89. The molecule has 0 aromatic carbocycles. The second kappa shape index (κ2) is 14.5. The fourth-order valence-corrected chi connectivity index (χ4v) is 2.64. The van der Waals surface area contributed by atoms with Crippen molar-refractivity contribution in [2.24, 2.45) is 5.92 Å². The van der Waals surface area contributed by atoms with Crippen molar-refractivity contribution < 1.29 is 19.1 Å². The van der Waals surface area contributed by atoms with Gasteiger partial charge in [-0.3, -0.25) is 9.59 Å². The summed E-state index contributed by atoms with van der Waals surface area (Å²) in [5.74, 6) is -0.226. The van der Waals surface area contributed by atoms with E-state index in [0.29, 0.717) is 12.5 Å². The van der Waals surface area contributed by atoms with Gasteiger partial charge in [0.15, 0.2) is 0 Å². The van der Waals surface area contributed by atoms with Crippen molar-refractivity contribution in [1.82, 2.24) is 0 Å². The molecule has 0 radical (unpaired) electrons. The average molecular weight is 328 g/mol. The van der Waals surface area contributed by atoms with Crippen molar-refractivity contribution in [1.29, 1.82) is 0 Å². The minimum atomic E-state index is -0.299. The number of hydrogen-bond donors (Lipinski definition) is 0. The molecule has 0 aliphatic heterocycles. The summed E-state index contributed by atoms with van der Waals surface area (Å²) < 4.78 is 10.6. The molecule has 0 fully saturated rings. The summed E-state index contributed by atoms with van der Waals surface area (Å²) in [5, 5.41) is 0. The smallest absolute Gasteiger partial charge is 0.306 e. The highest BCUT2D eigenvalue weighted by Gasteiger charge is 2.19. The zero-order valence-corrected chi connectivity index (χ0v) is 15.6. The van der Waals surface area contributed by atoms with Crippen molar-refractivity contribution >= 4 is 11.9 Å². The summed E-state index contributed by atoms with van der Waals surface area (Å²) in [4.78, 5) is 23.4. The fraction of sp³-hybridized carbons (Fsp3) is 0.895. The average Bonchev–Trinajstić information content (AvgIpc) is 2.54. The first kappa shape index (κ1) is 21.9. The number of unbranched alkanes of at least 4 members (excludes halogenated alkanes) is 4. The summed E-state index contributed by atoms with van der Waals surface area (Å²) >= 11 is 0. The third-order valence-corrected chi connectivity index (χ3v) is 4.11. The molecule has 0 rings (SSSR count). The van der Waals surface area contributed by atoms with Gasteiger partial charge in [-0.15, -0.1) is 0 Å². The van der Waals surface area contributed by atoms with Crippen LogP contribution in [-0.4, -0.2) is 24.6 Å². The Balaban J connectivity index is 3.79. The molecule has 4 heteroatoms. The lowest BCUT2D eigenvalue weighted by atomic mass is 9.97. The van der Waals surface area contributed by atoms with E-state index in [2.05, 4.69) is 20.8 Å². The summed E-state index contributed by atoms with van der Waals surface area (Å²) in [5.41, 5.74) is 0. The number of ether oxygens (including phenoxy) is 2. The molecular weight excluding hydrogens is 292 g/mol. The highest BCUT2D eigenvalue weighted by molar-refractivity contribution is 5.77. The molecule has 0 aliphatic carbocycles. The molecular formula is C19H36O4. The van der Waals surface area contributed by atoms with Gasteiger partial charge in [-0.2, -0.15) is 0 Å². The van der Waals surface area contributed by atoms with Crippen LogP contribution in [0.15, 0.2) is 0 Å². The van der Waals surface area contributed by atoms with E-state index in [1.165, 1.54) is 19.3 Å². The Morgan fingerprint density at radius 1 is 0.870 bits per heavy atom. The van der Waals surface area contributed by atoms with E-state index in [9.17, 15) is 9.59 Å². The second-order valence-electron chi connectivity index (χ2n) is 6.34. The quantitative estimate of drug-likeness (QED) is 0.331. The van der Waals surface area contributed by atoms with Gasteiger partial charge in [-0.05, 0) is 25.2 Å². The Kier molecular flexibility index (Phi) is 13.9. The maximum atomic E-state index is 11.8. The van der Waals surface area contributed by atoms with Crippen LogP contribution in [0.4, 0.5) is 0 Å². The predicted octanol–water partition coefficient (Wildman–Crippen LogP) is 5.04. The predicted molar refractivity (Wildman–Crippen MR) is 93.2 cm³/mol. The van der Waals surface area contributed by atoms with Crippen molar-refractivity contribution in [3.8, 4) is 0 Å². The van der Waals surface area contributed by atoms with E-state index in [4.69, 9.17) is 9.47 Å². The molecule has 0 aromatic heterocycles. The molecule has 0 spiro atoms. The number of hydrogen-bond acceptors (Lipinski definition) is 4. The zero-order valence-electron chi connectivity index (χ0n) is 15.6. The van der Waals surface area contributed by atoms with Crippen molar-refractivity contribution in [3.63, 3.8) is 0 Å². The number of carbonyl (C=O) groups is 2. The van der Waals surface area contributed by atoms with Crippen LogP contribution in [0.5, 0.6) is 0 Å². The molecule has 0 amide bonds. The Morgan fingerprint density at radius 3 is 2.13 bits per heavy atom. The molecule has 0 bridgehead atoms. The van der Waals surface area contributed by atoms with Crippen LogP contribution < -0.4 is 0 Å². The van der Waals surface area contributed by atoms with Gasteiger partial charge in [0, 0.05) is 0 Å². The Labute approximate surface area is 142 Å². The third-order valence-electron chi connectivity index (χ3n) is 4.11. The SMILES string of the molecule is CCCCCCCOC(=O)CCC(=O)OC(CC)C(C)CCC. The molecule has 0 aliphatic rings. The Bertz CT molecular complexity index is 314. The Morgan fingerprint density at radius 2 is 1.52 bits per heavy atom. The van der Waals surface area contributed by atoms with Crippen LogP contribution in [0.25, 0.3) is 0 Å². The molecule has 4 nitrogen and oxygen atoms in total. The Hall–Kier alpha value is -1.06. The molecule has 0 saturated carbocycles. The first-order valence-corrected chi connectivity index (χ1v) is 9.40. The molecule has 0 aromatic rings. The fourth-order valence-electron chi connectivity index (χ4n) is 2.64. The first-order valence-electron chi connectivity index (χ1n) is 9.40. The maximum Gasteiger partial charge on any atom is 0.306 e. The van der Waals surface area contributed by atoms with Gasteiger partial charge in [-0.1, -0.05) is 59.8 Å². The molecule has 0 heterocycles. The summed E-state index contributed by atoms with van der Waals surface area (Å²) in [6, 6.07) is 0. The van der Waals surface area contributed by atoms with Crippen LogP contribution in [0, 0.1) is 5.92 Å². The molecule has 2 unspecified atom stereocenters. The van der Waals surface area contributed by atoms with Gasteiger partial charge in [-0.25, -0.2) is 0 Å². The van der Waals surface area contributed by atoms with Gasteiger partial charge in [0.25, 0.3) is 0 Å². The summed E-state index contributed by atoms with van der Waals surface area (Å²) in [6.07, 6.45) is 8.76. The van der Waals surface area contributed by atoms with E-state index < -0.39 is 0 Å². The van der Waals surface area contributed by atoms with Gasteiger partial charge in [0.05, 0.1) is 19.4 Å². The van der Waals surface area contributed by atoms with Crippen LogP contribution in [0.3, 0.4) is 0 Å². The lowest BCUT2D eigenvalue weighted by Gasteiger charge is -2.22. The van der Waals surface area contributed by atoms with E-state index >= 15 is 0 Å². The lowest BCUT2D eigenvalue weighted by Crippen LogP contribution is -2.25. The van der Waals surface area contributed by atoms with Gasteiger partial charge < -0.3 is 9.47 Å². The van der Waals surface area contributed by atoms with Gasteiger partial charge >= 0.3 is 11.9 Å². The van der Waals surface area contributed by atoms with Crippen molar-refractivity contribution in [3.05, 3.63) is 0 Å². The largest absolute Gasteiger partial charge is 0.466 e. The van der Waals surface area contributed by atoms with E-state index in [0.717, 1.165) is 32.1 Å². The van der Waals surface area contributed by atoms with Gasteiger partial charge in [0.1, 0.15) is 6.10 Å². The first-order chi connectivity index (χ1) is 11.0. The summed E-state index contributed by atoms with van der Waals surface area (Å²) in [7, 11) is 0. The molecule has 136 valence electrons. The lowest BCUT2D eigenvalue weighted by molar-refractivity contribution is -0.155. The molecule has 2 atom stereocenters. The topological polar surface area (TPSA) is 52.6 Å². The minimum Gasteiger partial charge on any atom is -0.466 e. The van der Waals surface area contributed by atoms with Crippen molar-refractivity contribution in [2.45, 2.75) is 98.0 Å². The number of carbonyl (C=O) groups excluding carboxylic acids is 2. The van der Waals surface area contributed by atoms with E-state index in [1.54, 1.807) is 0 Å².